The molecule has 8 heteroatoms. The molecule has 1 aromatic heterocycles. The Balaban J connectivity index is 1.54. The van der Waals surface area contributed by atoms with E-state index in [-0.39, 0.29) is 17.5 Å². The van der Waals surface area contributed by atoms with Crippen molar-refractivity contribution in [3.63, 3.8) is 0 Å². The quantitative estimate of drug-likeness (QED) is 0.638. The third-order valence-electron chi connectivity index (χ3n) is 5.26. The summed E-state index contributed by atoms with van der Waals surface area (Å²) < 4.78 is 0. The number of rotatable bonds is 5. The van der Waals surface area contributed by atoms with Crippen LogP contribution in [-0.4, -0.2) is 57.5 Å². The maximum Gasteiger partial charge on any atom is 0.269 e. The molecule has 30 heavy (non-hydrogen) atoms. The van der Waals surface area contributed by atoms with E-state index >= 15 is 0 Å². The normalized spacial score (nSPS) is 19.2. The van der Waals surface area contributed by atoms with Gasteiger partial charge in [0.2, 0.25) is 5.91 Å². The van der Waals surface area contributed by atoms with Gasteiger partial charge in [0.1, 0.15) is 6.10 Å². The summed E-state index contributed by atoms with van der Waals surface area (Å²) in [6, 6.07) is 7.58. The number of nitrogens with two attached hydrogens (primary N) is 1. The van der Waals surface area contributed by atoms with E-state index in [0.29, 0.717) is 41.6 Å². The van der Waals surface area contributed by atoms with Gasteiger partial charge in [0.25, 0.3) is 5.91 Å². The number of aliphatic hydroxyl groups is 1. The third-order valence-corrected chi connectivity index (χ3v) is 5.26. The number of amides is 2. The van der Waals surface area contributed by atoms with Gasteiger partial charge >= 0.3 is 0 Å². The molecule has 2 aliphatic rings. The molecular weight excluding hydrogens is 382 g/mol. The van der Waals surface area contributed by atoms with Gasteiger partial charge in [0.15, 0.2) is 11.5 Å². The van der Waals surface area contributed by atoms with Crippen LogP contribution in [0.4, 0.5) is 5.69 Å². The molecule has 8 nitrogen and oxygen atoms in total. The fraction of sp³-hybridized carbons (Fsp3) is 0.364. The number of aromatic nitrogens is 2. The smallest absolute Gasteiger partial charge is 0.269 e. The fourth-order valence-electron chi connectivity index (χ4n) is 3.38. The Labute approximate surface area is 174 Å². The van der Waals surface area contributed by atoms with Crippen molar-refractivity contribution in [3.05, 3.63) is 41.7 Å². The van der Waals surface area contributed by atoms with E-state index < -0.39 is 12.0 Å². The van der Waals surface area contributed by atoms with Gasteiger partial charge in [-0.05, 0) is 25.0 Å². The summed E-state index contributed by atoms with van der Waals surface area (Å²) in [5.41, 5.74) is 7.57. The molecule has 0 radical (unpaired) electrons. The summed E-state index contributed by atoms with van der Waals surface area (Å²) in [4.78, 5) is 33.8. The second-order valence-electron chi connectivity index (χ2n) is 7.77. The van der Waals surface area contributed by atoms with Crippen molar-refractivity contribution in [2.24, 2.45) is 11.7 Å². The van der Waals surface area contributed by atoms with Gasteiger partial charge in [-0.1, -0.05) is 24.0 Å². The predicted octanol–water partition coefficient (Wildman–Crippen LogP) is 1.01. The molecule has 2 heterocycles. The number of carbonyl (C=O) groups is 2. The van der Waals surface area contributed by atoms with E-state index in [1.165, 1.54) is 0 Å². The van der Waals surface area contributed by atoms with Gasteiger partial charge in [0, 0.05) is 43.1 Å². The number of primary amides is 1. The molecule has 1 aliphatic heterocycles. The first kappa shape index (κ1) is 19.9. The minimum atomic E-state index is -0.881. The van der Waals surface area contributed by atoms with Crippen LogP contribution in [0, 0.1) is 17.8 Å². The van der Waals surface area contributed by atoms with E-state index in [0.717, 1.165) is 12.8 Å². The van der Waals surface area contributed by atoms with E-state index in [9.17, 15) is 14.7 Å². The average molecular weight is 405 g/mol. The first-order valence-electron chi connectivity index (χ1n) is 9.88. The average Bonchev–Trinajstić information content (AvgIpc) is 3.49. The SMILES string of the molecule is CN1CC(C(O)C#Cc2cccc(-c3ncc(NC4CC4)c(C(N)=O)n3)c2)CC1=O. The molecule has 4 rings (SSSR count). The van der Waals surface area contributed by atoms with E-state index in [1.807, 2.05) is 18.2 Å². The zero-order valence-electron chi connectivity index (χ0n) is 16.6. The van der Waals surface area contributed by atoms with Crippen LogP contribution in [0.25, 0.3) is 11.4 Å². The highest BCUT2D eigenvalue weighted by Gasteiger charge is 2.31. The molecule has 2 unspecified atom stereocenters. The largest absolute Gasteiger partial charge is 0.380 e. The van der Waals surface area contributed by atoms with Gasteiger partial charge in [-0.2, -0.15) is 0 Å². The van der Waals surface area contributed by atoms with Crippen molar-refractivity contribution in [1.29, 1.82) is 0 Å². The Kier molecular flexibility index (Phi) is 5.38. The van der Waals surface area contributed by atoms with Crippen molar-refractivity contribution in [1.82, 2.24) is 14.9 Å². The summed E-state index contributed by atoms with van der Waals surface area (Å²) >= 11 is 0. The van der Waals surface area contributed by atoms with Crippen LogP contribution in [-0.2, 0) is 4.79 Å². The predicted molar refractivity (Wildman–Crippen MR) is 111 cm³/mol. The molecule has 1 aromatic carbocycles. The monoisotopic (exact) mass is 405 g/mol. The van der Waals surface area contributed by atoms with Crippen molar-refractivity contribution < 1.29 is 14.7 Å². The van der Waals surface area contributed by atoms with Gasteiger partial charge < -0.3 is 21.1 Å². The van der Waals surface area contributed by atoms with Gasteiger partial charge in [0.05, 0.1) is 11.9 Å². The Morgan fingerprint density at radius 1 is 1.40 bits per heavy atom. The van der Waals surface area contributed by atoms with Crippen LogP contribution < -0.4 is 11.1 Å². The number of likely N-dealkylation sites (tertiary alicyclic amines) is 1. The minimum absolute atomic E-state index is 0.0184. The molecule has 0 bridgehead atoms. The van der Waals surface area contributed by atoms with Gasteiger partial charge in [-0.25, -0.2) is 9.97 Å². The van der Waals surface area contributed by atoms with Crippen LogP contribution >= 0.6 is 0 Å². The molecule has 4 N–H and O–H groups in total. The number of hydrogen-bond acceptors (Lipinski definition) is 6. The first-order chi connectivity index (χ1) is 14.4. The number of anilines is 1. The van der Waals surface area contributed by atoms with Crippen molar-refractivity contribution in [2.75, 3.05) is 18.9 Å². The lowest BCUT2D eigenvalue weighted by Crippen LogP contribution is -2.23. The number of nitrogens with one attached hydrogen (secondary N) is 1. The van der Waals surface area contributed by atoms with Crippen LogP contribution in [0.1, 0.15) is 35.3 Å². The van der Waals surface area contributed by atoms with Gasteiger partial charge in [-0.3, -0.25) is 9.59 Å². The molecule has 1 saturated carbocycles. The molecule has 2 atom stereocenters. The van der Waals surface area contributed by atoms with Crippen LogP contribution in [0.15, 0.2) is 30.5 Å². The number of benzene rings is 1. The van der Waals surface area contributed by atoms with E-state index in [1.54, 1.807) is 24.2 Å². The lowest BCUT2D eigenvalue weighted by Gasteiger charge is -2.11. The van der Waals surface area contributed by atoms with Crippen molar-refractivity contribution in [3.8, 4) is 23.2 Å². The molecule has 2 fully saturated rings. The Morgan fingerprint density at radius 2 is 2.20 bits per heavy atom. The number of hydrogen-bond donors (Lipinski definition) is 3. The number of aliphatic hydroxyl groups excluding tert-OH is 1. The first-order valence-corrected chi connectivity index (χ1v) is 9.88. The summed E-state index contributed by atoms with van der Waals surface area (Å²) in [6.07, 6.45) is 3.11. The Bertz CT molecular complexity index is 1050. The second-order valence-corrected chi connectivity index (χ2v) is 7.77. The third kappa shape index (κ3) is 4.42. The molecule has 2 amide bonds. The highest BCUT2D eigenvalue weighted by molar-refractivity contribution is 5.96. The van der Waals surface area contributed by atoms with Crippen molar-refractivity contribution >= 4 is 17.5 Å². The van der Waals surface area contributed by atoms with E-state index in [2.05, 4.69) is 27.1 Å². The van der Waals surface area contributed by atoms with E-state index in [4.69, 9.17) is 5.73 Å². The van der Waals surface area contributed by atoms with Gasteiger partial charge in [-0.15, -0.1) is 0 Å². The van der Waals surface area contributed by atoms with Crippen LogP contribution in [0.5, 0.6) is 0 Å². The standard InChI is InChI=1S/C22H23N5O3/c1-27-12-15(10-19(27)29)18(28)8-5-13-3-2-4-14(9-13)22-24-11-17(25-16-6-7-16)20(26-22)21(23)30/h2-4,9,11,15-16,18,25,28H,6-7,10,12H2,1H3,(H2,23,30). The Morgan fingerprint density at radius 3 is 2.87 bits per heavy atom. The summed E-state index contributed by atoms with van der Waals surface area (Å²) in [7, 11) is 1.72. The zero-order chi connectivity index (χ0) is 21.3. The van der Waals surface area contributed by atoms with Crippen LogP contribution in [0.3, 0.4) is 0 Å². The lowest BCUT2D eigenvalue weighted by molar-refractivity contribution is -0.126. The number of nitrogens with zero attached hydrogens (tertiary/aromatic N) is 3. The van der Waals surface area contributed by atoms with Crippen LogP contribution in [0.2, 0.25) is 0 Å². The Hall–Kier alpha value is -3.44. The highest BCUT2D eigenvalue weighted by Crippen LogP contribution is 2.27. The highest BCUT2D eigenvalue weighted by atomic mass is 16.3. The molecule has 1 saturated heterocycles. The molecule has 154 valence electrons. The maximum absolute atomic E-state index is 11.8. The topological polar surface area (TPSA) is 121 Å². The fourth-order valence-corrected chi connectivity index (χ4v) is 3.38. The molecular formula is C22H23N5O3. The zero-order valence-corrected chi connectivity index (χ0v) is 16.6. The summed E-state index contributed by atoms with van der Waals surface area (Å²) in [6.45, 7) is 0.500. The summed E-state index contributed by atoms with van der Waals surface area (Å²) in [5.74, 6) is 5.37. The molecule has 0 spiro atoms. The number of carbonyl (C=O) groups excluding carboxylic acids is 2. The van der Waals surface area contributed by atoms with Crippen molar-refractivity contribution in [2.45, 2.75) is 31.4 Å². The molecule has 1 aliphatic carbocycles. The lowest BCUT2D eigenvalue weighted by atomic mass is 10.0. The minimum Gasteiger partial charge on any atom is -0.380 e. The second kappa shape index (κ2) is 8.13. The molecule has 2 aromatic rings. The maximum atomic E-state index is 11.8. The summed E-state index contributed by atoms with van der Waals surface area (Å²) in [5, 5.41) is 13.5.